The molecule has 2 saturated heterocycles. The molecule has 2 aliphatic heterocycles. The summed E-state index contributed by atoms with van der Waals surface area (Å²) < 4.78 is 6.96. The second-order valence-electron chi connectivity index (χ2n) is 12.5. The number of allylic oxidation sites excluding steroid dienone is 1. The van der Waals surface area contributed by atoms with E-state index in [-0.39, 0.29) is 5.60 Å². The van der Waals surface area contributed by atoms with E-state index in [4.69, 9.17) is 10.5 Å². The van der Waals surface area contributed by atoms with E-state index in [1.165, 1.54) is 77.2 Å². The highest BCUT2D eigenvalue weighted by Crippen LogP contribution is 2.65. The topological polar surface area (TPSA) is 47.3 Å². The second kappa shape index (κ2) is 7.06. The average Bonchev–Trinajstić information content (AvgIpc) is 3.19. The Hall–Kier alpha value is -0.380. The van der Waals surface area contributed by atoms with Crippen LogP contribution in [-0.4, -0.2) is 30.3 Å². The molecule has 0 aromatic heterocycles. The minimum atomic E-state index is 0.0995. The summed E-state index contributed by atoms with van der Waals surface area (Å²) in [6, 6.07) is 1.05. The fraction of sp³-hybridized carbons (Fsp3) is 0.926. The van der Waals surface area contributed by atoms with Gasteiger partial charge in [0.1, 0.15) is 0 Å². The molecule has 3 N–H and O–H groups in total. The van der Waals surface area contributed by atoms with Crippen molar-refractivity contribution < 1.29 is 4.74 Å². The summed E-state index contributed by atoms with van der Waals surface area (Å²) in [5, 5.41) is 3.82. The van der Waals surface area contributed by atoms with Crippen LogP contribution in [0.2, 0.25) is 0 Å². The van der Waals surface area contributed by atoms with Gasteiger partial charge in [0.25, 0.3) is 0 Å². The standard InChI is InChI=1S/C27H44N2O/c1-16-15-27(17(2)25-24(30-27)5-4-12-29-25)11-9-20-21-7-6-18-13-19(28)8-10-26(18,3)23(21)14-22(16)20/h17-21,23-25,29H,4-15,28H2,1-3H3/t17-,18-,19-,20+,21+,23+,24-,25+,26+,27+/m1/s1. The molecule has 4 aliphatic carbocycles. The summed E-state index contributed by atoms with van der Waals surface area (Å²) in [7, 11) is 0. The lowest BCUT2D eigenvalue weighted by Crippen LogP contribution is -2.48. The van der Waals surface area contributed by atoms with Gasteiger partial charge in [-0.15, -0.1) is 0 Å². The van der Waals surface area contributed by atoms with Crippen molar-refractivity contribution in [2.45, 2.75) is 115 Å². The molecule has 5 fully saturated rings. The number of nitrogens with two attached hydrogens (primary N) is 1. The lowest BCUT2D eigenvalue weighted by molar-refractivity contribution is -0.0710. The molecule has 0 unspecified atom stereocenters. The van der Waals surface area contributed by atoms with Gasteiger partial charge in [-0.3, -0.25) is 0 Å². The van der Waals surface area contributed by atoms with E-state index in [2.05, 4.69) is 26.1 Å². The monoisotopic (exact) mass is 412 g/mol. The van der Waals surface area contributed by atoms with Crippen LogP contribution in [0.25, 0.3) is 0 Å². The Morgan fingerprint density at radius 3 is 2.80 bits per heavy atom. The van der Waals surface area contributed by atoms with Gasteiger partial charge in [0.05, 0.1) is 11.7 Å². The molecule has 168 valence electrons. The molecule has 3 heteroatoms. The fourth-order valence-corrected chi connectivity index (χ4v) is 9.65. The zero-order chi connectivity index (χ0) is 20.7. The van der Waals surface area contributed by atoms with Gasteiger partial charge < -0.3 is 15.8 Å². The third-order valence-corrected chi connectivity index (χ3v) is 11.4. The maximum absolute atomic E-state index is 6.96. The zero-order valence-corrected chi connectivity index (χ0v) is 19.6. The summed E-state index contributed by atoms with van der Waals surface area (Å²) in [6.45, 7) is 8.81. The first-order valence-electron chi connectivity index (χ1n) is 13.3. The van der Waals surface area contributed by atoms with Crippen LogP contribution in [0.5, 0.6) is 0 Å². The van der Waals surface area contributed by atoms with Crippen molar-refractivity contribution in [3.05, 3.63) is 11.1 Å². The lowest BCUT2D eigenvalue weighted by Gasteiger charge is -2.54. The number of hydrogen-bond donors (Lipinski definition) is 2. The van der Waals surface area contributed by atoms with Crippen LogP contribution in [0, 0.1) is 35.0 Å². The average molecular weight is 413 g/mol. The highest BCUT2D eigenvalue weighted by atomic mass is 16.5. The van der Waals surface area contributed by atoms with E-state index in [9.17, 15) is 0 Å². The van der Waals surface area contributed by atoms with E-state index in [0.717, 1.165) is 23.7 Å². The molecule has 6 rings (SSSR count). The molecule has 0 radical (unpaired) electrons. The predicted molar refractivity (Wildman–Crippen MR) is 122 cm³/mol. The molecule has 0 aromatic carbocycles. The van der Waals surface area contributed by atoms with Gasteiger partial charge in [0.2, 0.25) is 0 Å². The smallest absolute Gasteiger partial charge is 0.0765 e. The number of ether oxygens (including phenoxy) is 1. The Morgan fingerprint density at radius 2 is 1.97 bits per heavy atom. The van der Waals surface area contributed by atoms with Gasteiger partial charge >= 0.3 is 0 Å². The highest BCUT2D eigenvalue weighted by molar-refractivity contribution is 5.29. The van der Waals surface area contributed by atoms with Gasteiger partial charge in [0, 0.05) is 18.0 Å². The largest absolute Gasteiger partial charge is 0.369 e. The van der Waals surface area contributed by atoms with Crippen molar-refractivity contribution in [1.29, 1.82) is 0 Å². The number of rotatable bonds is 0. The van der Waals surface area contributed by atoms with Crippen molar-refractivity contribution in [3.63, 3.8) is 0 Å². The van der Waals surface area contributed by atoms with Crippen molar-refractivity contribution in [3.8, 4) is 0 Å². The summed E-state index contributed by atoms with van der Waals surface area (Å²) in [4.78, 5) is 0. The van der Waals surface area contributed by atoms with Gasteiger partial charge in [-0.05, 0) is 113 Å². The number of fused-ring (bicyclic) bond motifs is 6. The molecule has 1 spiro atoms. The van der Waals surface area contributed by atoms with Crippen molar-refractivity contribution in [2.24, 2.45) is 40.7 Å². The molecule has 0 bridgehead atoms. The minimum absolute atomic E-state index is 0.0995. The summed E-state index contributed by atoms with van der Waals surface area (Å²) in [5.74, 6) is 4.20. The van der Waals surface area contributed by atoms with E-state index < -0.39 is 0 Å². The Labute approximate surface area is 184 Å². The molecule has 6 aliphatic rings. The molecule has 30 heavy (non-hydrogen) atoms. The first-order valence-corrected chi connectivity index (χ1v) is 13.3. The molecular formula is C27H44N2O. The highest BCUT2D eigenvalue weighted by Gasteiger charge is 2.58. The third kappa shape index (κ3) is 2.80. The van der Waals surface area contributed by atoms with Gasteiger partial charge in [-0.2, -0.15) is 0 Å². The maximum atomic E-state index is 6.96. The lowest BCUT2D eigenvalue weighted by atomic mass is 9.52. The van der Waals surface area contributed by atoms with Crippen LogP contribution >= 0.6 is 0 Å². The Kier molecular flexibility index (Phi) is 4.76. The number of nitrogens with one attached hydrogen (secondary N) is 1. The van der Waals surface area contributed by atoms with E-state index in [0.29, 0.717) is 29.5 Å². The zero-order valence-electron chi connectivity index (χ0n) is 19.6. The van der Waals surface area contributed by atoms with Crippen LogP contribution in [0.4, 0.5) is 0 Å². The Morgan fingerprint density at radius 1 is 1.10 bits per heavy atom. The quantitative estimate of drug-likeness (QED) is 0.538. The first kappa shape index (κ1) is 20.2. The van der Waals surface area contributed by atoms with Gasteiger partial charge in [-0.25, -0.2) is 0 Å². The Bertz CT molecular complexity index is 732. The van der Waals surface area contributed by atoms with Crippen LogP contribution in [-0.2, 0) is 4.74 Å². The molecule has 3 saturated carbocycles. The van der Waals surface area contributed by atoms with E-state index in [1.54, 1.807) is 5.57 Å². The Balaban J connectivity index is 1.28. The fourth-order valence-electron chi connectivity index (χ4n) is 9.65. The number of hydrogen-bond acceptors (Lipinski definition) is 3. The van der Waals surface area contributed by atoms with E-state index in [1.807, 2.05) is 5.57 Å². The summed E-state index contributed by atoms with van der Waals surface area (Å²) >= 11 is 0. The predicted octanol–water partition coefficient (Wildman–Crippen LogP) is 5.19. The molecular weight excluding hydrogens is 368 g/mol. The second-order valence-corrected chi connectivity index (χ2v) is 12.5. The molecule has 0 amide bonds. The maximum Gasteiger partial charge on any atom is 0.0765 e. The minimum Gasteiger partial charge on any atom is -0.369 e. The molecule has 2 heterocycles. The molecule has 0 aromatic rings. The molecule has 10 atom stereocenters. The van der Waals surface area contributed by atoms with Crippen molar-refractivity contribution in [1.82, 2.24) is 5.32 Å². The summed E-state index contributed by atoms with van der Waals surface area (Å²) in [6.07, 6.45) is 15.0. The van der Waals surface area contributed by atoms with Gasteiger partial charge in [-0.1, -0.05) is 25.0 Å². The number of piperidine rings is 1. The van der Waals surface area contributed by atoms with Crippen LogP contribution in [0.1, 0.15) is 91.4 Å². The van der Waals surface area contributed by atoms with Crippen molar-refractivity contribution >= 4 is 0 Å². The van der Waals surface area contributed by atoms with Crippen LogP contribution < -0.4 is 11.1 Å². The van der Waals surface area contributed by atoms with Crippen molar-refractivity contribution in [2.75, 3.05) is 6.54 Å². The third-order valence-electron chi connectivity index (χ3n) is 11.4. The van der Waals surface area contributed by atoms with E-state index >= 15 is 0 Å². The normalized spacial score (nSPS) is 55.6. The first-order chi connectivity index (χ1) is 14.4. The molecule has 3 nitrogen and oxygen atoms in total. The van der Waals surface area contributed by atoms with Gasteiger partial charge in [0.15, 0.2) is 0 Å². The van der Waals surface area contributed by atoms with Crippen LogP contribution in [0.3, 0.4) is 0 Å². The SMILES string of the molecule is CC1=C2C[C@H]3[C@@H](CC[C@@H]4C[C@H](N)CC[C@@]43C)[C@@H]2CC[C@@]2(C1)O[C@@H]1CCCN[C@H]1[C@H]2C. The summed E-state index contributed by atoms with van der Waals surface area (Å²) in [5.41, 5.74) is 10.6. The van der Waals surface area contributed by atoms with Crippen LogP contribution in [0.15, 0.2) is 11.1 Å².